The normalized spacial score (nSPS) is 10.1. The summed E-state index contributed by atoms with van der Waals surface area (Å²) >= 11 is 18.0. The molecule has 18 heavy (non-hydrogen) atoms. The van der Waals surface area contributed by atoms with E-state index in [1.807, 2.05) is 6.07 Å². The van der Waals surface area contributed by atoms with Gasteiger partial charge in [0.1, 0.15) is 0 Å². The minimum atomic E-state index is 0.318. The Morgan fingerprint density at radius 2 is 1.83 bits per heavy atom. The van der Waals surface area contributed by atoms with E-state index in [0.29, 0.717) is 27.2 Å². The fraction of sp³-hybridized carbons (Fsp3) is 0.0769. The maximum atomic E-state index is 8.59. The van der Waals surface area contributed by atoms with Gasteiger partial charge < -0.3 is 0 Å². The lowest BCUT2D eigenvalue weighted by Gasteiger charge is -2.07. The molecule has 0 spiro atoms. The van der Waals surface area contributed by atoms with Gasteiger partial charge in [-0.25, -0.2) is 0 Å². The monoisotopic (exact) mass is 296 g/mol. The first-order chi connectivity index (χ1) is 8.63. The predicted octanol–water partition coefficient (Wildman–Crippen LogP) is 4.77. The smallest absolute Gasteiger partial charge is 0.0785 e. The van der Waals surface area contributed by atoms with Gasteiger partial charge in [-0.3, -0.25) is 4.98 Å². The van der Waals surface area contributed by atoms with Crippen molar-refractivity contribution in [3.63, 3.8) is 0 Å². The second-order valence-corrected chi connectivity index (χ2v) is 4.77. The van der Waals surface area contributed by atoms with Crippen LogP contribution in [0.5, 0.6) is 0 Å². The third kappa shape index (κ3) is 2.59. The fourth-order valence-electron chi connectivity index (χ4n) is 1.50. The van der Waals surface area contributed by atoms with E-state index in [-0.39, 0.29) is 0 Å². The molecule has 0 atom stereocenters. The summed E-state index contributed by atoms with van der Waals surface area (Å²) in [4.78, 5) is 4.26. The molecule has 0 aliphatic rings. The van der Waals surface area contributed by atoms with Crippen molar-refractivity contribution in [2.45, 2.75) is 6.42 Å². The number of halogens is 3. The second-order valence-electron chi connectivity index (χ2n) is 3.61. The van der Waals surface area contributed by atoms with Gasteiger partial charge in [0.25, 0.3) is 0 Å². The number of pyridine rings is 1. The van der Waals surface area contributed by atoms with E-state index in [4.69, 9.17) is 40.1 Å². The fourth-order valence-corrected chi connectivity index (χ4v) is 2.14. The van der Waals surface area contributed by atoms with E-state index in [2.05, 4.69) is 11.1 Å². The van der Waals surface area contributed by atoms with E-state index in [9.17, 15) is 0 Å². The molecule has 2 nitrogen and oxygen atoms in total. The number of hydrogen-bond donors (Lipinski definition) is 0. The van der Waals surface area contributed by atoms with E-state index in [0.717, 1.165) is 11.1 Å². The van der Waals surface area contributed by atoms with Crippen LogP contribution in [0.4, 0.5) is 0 Å². The van der Waals surface area contributed by atoms with Crippen LogP contribution in [0.2, 0.25) is 15.1 Å². The van der Waals surface area contributed by atoms with Crippen LogP contribution in [0.1, 0.15) is 5.56 Å². The minimum absolute atomic E-state index is 0.318. The molecule has 0 aliphatic carbocycles. The van der Waals surface area contributed by atoms with Crippen LogP contribution in [0.15, 0.2) is 30.5 Å². The summed E-state index contributed by atoms with van der Waals surface area (Å²) < 4.78 is 0. The molecule has 0 unspecified atom stereocenters. The van der Waals surface area contributed by atoms with Crippen LogP contribution in [0.3, 0.4) is 0 Å². The topological polar surface area (TPSA) is 36.7 Å². The third-order valence-corrected chi connectivity index (χ3v) is 3.71. The van der Waals surface area contributed by atoms with Gasteiger partial charge in [0, 0.05) is 11.8 Å². The van der Waals surface area contributed by atoms with Crippen molar-refractivity contribution in [3.05, 3.63) is 51.1 Å². The Hall–Kier alpha value is -1.27. The molecule has 1 aromatic carbocycles. The van der Waals surface area contributed by atoms with Gasteiger partial charge in [-0.15, -0.1) is 0 Å². The molecule has 2 aromatic rings. The first-order valence-corrected chi connectivity index (χ1v) is 6.22. The van der Waals surface area contributed by atoms with Gasteiger partial charge in [0.2, 0.25) is 0 Å². The van der Waals surface area contributed by atoms with Crippen LogP contribution in [-0.4, -0.2) is 4.98 Å². The number of benzene rings is 1. The standard InChI is InChI=1S/C13H7Cl3N2/c14-10-3-2-9(12(15)13(10)16)11-4-1-8(5-6-17)7-18-11/h1-4,7H,5H2. The van der Waals surface area contributed by atoms with Gasteiger partial charge in [-0.2, -0.15) is 5.26 Å². The molecule has 0 aliphatic heterocycles. The lowest BCUT2D eigenvalue weighted by Crippen LogP contribution is -1.88. The molecule has 0 bridgehead atoms. The van der Waals surface area contributed by atoms with E-state index in [1.165, 1.54) is 0 Å². The lowest BCUT2D eigenvalue weighted by atomic mass is 10.1. The van der Waals surface area contributed by atoms with Crippen molar-refractivity contribution in [2.75, 3.05) is 0 Å². The molecule has 0 amide bonds. The van der Waals surface area contributed by atoms with Crippen molar-refractivity contribution in [1.29, 1.82) is 5.26 Å². The van der Waals surface area contributed by atoms with Crippen LogP contribution >= 0.6 is 34.8 Å². The highest BCUT2D eigenvalue weighted by Gasteiger charge is 2.11. The average Bonchev–Trinajstić information content (AvgIpc) is 2.38. The SMILES string of the molecule is N#CCc1ccc(-c2ccc(Cl)c(Cl)c2Cl)nc1. The molecule has 1 aromatic heterocycles. The van der Waals surface area contributed by atoms with Crippen LogP contribution in [0.25, 0.3) is 11.3 Å². The lowest BCUT2D eigenvalue weighted by molar-refractivity contribution is 1.19. The van der Waals surface area contributed by atoms with E-state index >= 15 is 0 Å². The van der Waals surface area contributed by atoms with Crippen LogP contribution in [-0.2, 0) is 6.42 Å². The summed E-state index contributed by atoms with van der Waals surface area (Å²) in [6.07, 6.45) is 1.99. The Morgan fingerprint density at radius 3 is 2.44 bits per heavy atom. The molecular formula is C13H7Cl3N2. The molecule has 1 heterocycles. The summed E-state index contributed by atoms with van der Waals surface area (Å²) in [5, 5.41) is 9.69. The summed E-state index contributed by atoms with van der Waals surface area (Å²) in [5.74, 6) is 0. The largest absolute Gasteiger partial charge is 0.256 e. The van der Waals surface area contributed by atoms with Crippen molar-refractivity contribution < 1.29 is 0 Å². The van der Waals surface area contributed by atoms with E-state index < -0.39 is 0 Å². The van der Waals surface area contributed by atoms with Crippen molar-refractivity contribution in [3.8, 4) is 17.3 Å². The van der Waals surface area contributed by atoms with Crippen molar-refractivity contribution >= 4 is 34.8 Å². The summed E-state index contributed by atoms with van der Waals surface area (Å²) in [6.45, 7) is 0. The molecule has 90 valence electrons. The molecule has 0 saturated carbocycles. The molecule has 2 rings (SSSR count). The minimum Gasteiger partial charge on any atom is -0.256 e. The molecule has 0 N–H and O–H groups in total. The number of nitriles is 1. The van der Waals surface area contributed by atoms with Gasteiger partial charge in [0.15, 0.2) is 0 Å². The Balaban J connectivity index is 2.44. The number of aromatic nitrogens is 1. The summed E-state index contributed by atoms with van der Waals surface area (Å²) in [7, 11) is 0. The molecule has 0 fully saturated rings. The predicted molar refractivity (Wildman–Crippen MR) is 74.0 cm³/mol. The van der Waals surface area contributed by atoms with Gasteiger partial charge in [-0.1, -0.05) is 40.9 Å². The van der Waals surface area contributed by atoms with Gasteiger partial charge in [-0.05, 0) is 23.8 Å². The number of rotatable bonds is 2. The Labute approximate surface area is 120 Å². The number of nitrogens with zero attached hydrogens (tertiary/aromatic N) is 2. The molecule has 5 heteroatoms. The van der Waals surface area contributed by atoms with Crippen LogP contribution in [0, 0.1) is 11.3 Å². The maximum Gasteiger partial charge on any atom is 0.0785 e. The van der Waals surface area contributed by atoms with Crippen molar-refractivity contribution in [2.24, 2.45) is 0 Å². The first kappa shape index (κ1) is 13.2. The average molecular weight is 298 g/mol. The molecule has 0 radical (unpaired) electrons. The summed E-state index contributed by atoms with van der Waals surface area (Å²) in [6, 6.07) is 9.15. The molecular weight excluding hydrogens is 291 g/mol. The van der Waals surface area contributed by atoms with Gasteiger partial charge >= 0.3 is 0 Å². The zero-order valence-electron chi connectivity index (χ0n) is 9.12. The second kappa shape index (κ2) is 5.58. The highest BCUT2D eigenvalue weighted by molar-refractivity contribution is 6.49. The zero-order chi connectivity index (χ0) is 13.1. The van der Waals surface area contributed by atoms with Crippen LogP contribution < -0.4 is 0 Å². The Kier molecular flexibility index (Phi) is 4.08. The first-order valence-electron chi connectivity index (χ1n) is 5.09. The zero-order valence-corrected chi connectivity index (χ0v) is 11.4. The summed E-state index contributed by atoms with van der Waals surface area (Å²) in [5.41, 5.74) is 2.27. The quantitative estimate of drug-likeness (QED) is 0.748. The van der Waals surface area contributed by atoms with E-state index in [1.54, 1.807) is 24.4 Å². The Morgan fingerprint density at radius 1 is 1.06 bits per heavy atom. The highest BCUT2D eigenvalue weighted by Crippen LogP contribution is 2.37. The number of hydrogen-bond acceptors (Lipinski definition) is 2. The Bertz CT molecular complexity index is 615. The maximum absolute atomic E-state index is 8.59. The molecule has 0 saturated heterocycles. The van der Waals surface area contributed by atoms with Crippen molar-refractivity contribution in [1.82, 2.24) is 4.98 Å². The van der Waals surface area contributed by atoms with Gasteiger partial charge in [0.05, 0.1) is 33.3 Å². The third-order valence-electron chi connectivity index (χ3n) is 2.42. The highest BCUT2D eigenvalue weighted by atomic mass is 35.5.